The average Bonchev–Trinajstić information content (AvgIpc) is 3.48. The van der Waals surface area contributed by atoms with Crippen LogP contribution in [-0.2, 0) is 9.59 Å². The Morgan fingerprint density at radius 1 is 1.14 bits per heavy atom. The fourth-order valence-corrected chi connectivity index (χ4v) is 4.94. The lowest BCUT2D eigenvalue weighted by molar-refractivity contribution is -0.759. The summed E-state index contributed by atoms with van der Waals surface area (Å²) >= 11 is 1.19. The maximum Gasteiger partial charge on any atom is 0.305 e. The minimum absolute atomic E-state index is 0.0532. The molecule has 0 bridgehead atoms. The van der Waals surface area contributed by atoms with E-state index in [9.17, 15) is 9.59 Å². The van der Waals surface area contributed by atoms with Crippen LogP contribution in [0.3, 0.4) is 0 Å². The zero-order valence-electron chi connectivity index (χ0n) is 20.0. The molecule has 184 valence electrons. The Bertz CT molecular complexity index is 1310. The summed E-state index contributed by atoms with van der Waals surface area (Å²) in [6, 6.07) is 17.2. The summed E-state index contributed by atoms with van der Waals surface area (Å²) in [6.07, 6.45) is 6.87. The summed E-state index contributed by atoms with van der Waals surface area (Å²) in [5, 5.41) is 9.27. The number of amides is 2. The number of anilines is 2. The van der Waals surface area contributed by atoms with E-state index in [1.165, 1.54) is 18.2 Å². The van der Waals surface area contributed by atoms with Crippen LogP contribution < -0.4 is 20.0 Å². The van der Waals surface area contributed by atoms with Crippen LogP contribution in [0.4, 0.5) is 11.6 Å². The second-order valence-electron chi connectivity index (χ2n) is 8.65. The molecular weight excluding hydrogens is 476 g/mol. The van der Waals surface area contributed by atoms with E-state index >= 15 is 0 Å². The molecule has 2 aliphatic heterocycles. The lowest BCUT2D eigenvalue weighted by Crippen LogP contribution is -2.60. The second kappa shape index (κ2) is 10.8. The van der Waals surface area contributed by atoms with Crippen LogP contribution in [-0.4, -0.2) is 41.1 Å². The maximum absolute atomic E-state index is 13.3. The number of carbonyl (C=O) groups excluding carboxylic acids is 2. The van der Waals surface area contributed by atoms with Gasteiger partial charge in [-0.1, -0.05) is 59.8 Å². The molecule has 10 heteroatoms. The zero-order chi connectivity index (χ0) is 24.9. The molecule has 5 rings (SSSR count). The molecule has 2 amide bonds. The lowest BCUT2D eigenvalue weighted by atomic mass is 10.1. The minimum Gasteiger partial charge on any atom is -0.288 e. The molecule has 0 saturated carbocycles. The smallest absolute Gasteiger partial charge is 0.288 e. The van der Waals surface area contributed by atoms with Crippen molar-refractivity contribution in [2.24, 2.45) is 4.99 Å². The number of hydrogen-bond donors (Lipinski definition) is 1. The Balaban J connectivity index is 1.29. The summed E-state index contributed by atoms with van der Waals surface area (Å²) in [5.41, 5.74) is 3.01. The molecule has 3 aromatic rings. The first kappa shape index (κ1) is 23.8. The summed E-state index contributed by atoms with van der Waals surface area (Å²) in [5.74, 6) is -0.183. The second-order valence-corrected chi connectivity index (χ2v) is 9.59. The van der Waals surface area contributed by atoms with E-state index in [1.54, 1.807) is 22.0 Å². The number of carbonyl (C=O) groups is 2. The van der Waals surface area contributed by atoms with Crippen LogP contribution in [0.1, 0.15) is 30.4 Å². The third-order valence-corrected chi connectivity index (χ3v) is 6.80. The highest BCUT2D eigenvalue weighted by Gasteiger charge is 2.32. The topological polar surface area (TPSA) is 94.9 Å². The number of nitrogens with zero attached hydrogens (tertiary/aromatic N) is 5. The molecule has 3 heterocycles. The molecule has 2 aromatic carbocycles. The molecule has 0 unspecified atom stereocenters. The van der Waals surface area contributed by atoms with Crippen molar-refractivity contribution < 1.29 is 18.9 Å². The van der Waals surface area contributed by atoms with Crippen molar-refractivity contribution >= 4 is 46.4 Å². The quantitative estimate of drug-likeness (QED) is 0.409. The number of hydrogen-bond acceptors (Lipinski definition) is 7. The van der Waals surface area contributed by atoms with Gasteiger partial charge >= 0.3 is 5.88 Å². The molecule has 0 spiro atoms. The van der Waals surface area contributed by atoms with E-state index in [-0.39, 0.29) is 23.5 Å². The molecular formula is C26H27N6O3S+. The van der Waals surface area contributed by atoms with Crippen molar-refractivity contribution in [1.82, 2.24) is 5.27 Å². The number of aromatic nitrogens is 2. The van der Waals surface area contributed by atoms with Gasteiger partial charge in [-0.25, -0.2) is 4.99 Å². The summed E-state index contributed by atoms with van der Waals surface area (Å²) < 4.78 is 5.29. The van der Waals surface area contributed by atoms with Crippen LogP contribution in [0.2, 0.25) is 0 Å². The highest BCUT2D eigenvalue weighted by Crippen LogP contribution is 2.29. The van der Waals surface area contributed by atoms with Gasteiger partial charge < -0.3 is 0 Å². The molecule has 1 saturated heterocycles. The average molecular weight is 504 g/mol. The first-order chi connectivity index (χ1) is 17.6. The Morgan fingerprint density at radius 3 is 2.72 bits per heavy atom. The number of aliphatic imine (C=N–C) groups is 1. The van der Waals surface area contributed by atoms with Gasteiger partial charge in [-0.3, -0.25) is 24.3 Å². The maximum atomic E-state index is 13.3. The SMILES string of the molecule is Cc1cccc(/C=C2/N=C(SCC(=O)Nc3c[n+](N4CCCCC4)no3)N(c3ccccc3)C2=O)c1. The van der Waals surface area contributed by atoms with Crippen LogP contribution in [0, 0.1) is 6.92 Å². The first-order valence-corrected chi connectivity index (χ1v) is 12.9. The van der Waals surface area contributed by atoms with Gasteiger partial charge in [0.05, 0.1) is 29.3 Å². The fourth-order valence-electron chi connectivity index (χ4n) is 4.13. The van der Waals surface area contributed by atoms with Gasteiger partial charge in [-0.2, -0.15) is 5.01 Å². The summed E-state index contributed by atoms with van der Waals surface area (Å²) in [4.78, 5) is 33.7. The molecule has 1 N–H and O–H groups in total. The Labute approximate surface area is 213 Å². The zero-order valence-corrected chi connectivity index (χ0v) is 20.8. The number of thioether (sulfide) groups is 1. The molecule has 0 aliphatic carbocycles. The van der Waals surface area contributed by atoms with E-state index < -0.39 is 0 Å². The third kappa shape index (κ3) is 5.49. The van der Waals surface area contributed by atoms with E-state index in [1.807, 2.05) is 61.5 Å². The number of rotatable bonds is 6. The number of nitrogens with one attached hydrogen (secondary N) is 1. The van der Waals surface area contributed by atoms with Crippen LogP contribution >= 0.6 is 11.8 Å². The van der Waals surface area contributed by atoms with Crippen molar-refractivity contribution in [2.45, 2.75) is 26.2 Å². The number of amidine groups is 1. The molecule has 1 aromatic heterocycles. The van der Waals surface area contributed by atoms with Gasteiger partial charge in [0.25, 0.3) is 12.1 Å². The number of piperidine rings is 1. The highest BCUT2D eigenvalue weighted by atomic mass is 32.2. The van der Waals surface area contributed by atoms with Gasteiger partial charge in [0, 0.05) is 0 Å². The Hall–Kier alpha value is -3.92. The van der Waals surface area contributed by atoms with Crippen molar-refractivity contribution in [3.05, 3.63) is 77.6 Å². The van der Waals surface area contributed by atoms with E-state index in [2.05, 4.69) is 20.6 Å². The predicted octanol–water partition coefficient (Wildman–Crippen LogP) is 3.51. The summed E-state index contributed by atoms with van der Waals surface area (Å²) in [6.45, 7) is 3.81. The van der Waals surface area contributed by atoms with Gasteiger partial charge in [0.15, 0.2) is 5.17 Å². The standard InChI is InChI=1S/C26H26N6O3S/c1-19-9-8-10-20(15-19)16-22-25(34)32(21-11-4-2-5-12-21)26(27-22)36-18-23(33)28-24-17-31(29-35-24)30-13-6-3-7-14-30/h2,4-5,8-12,15-17H,3,6-7,13-14,18H2,1H3/p+1/b22-16+. The Kier molecular flexibility index (Phi) is 7.13. The molecule has 0 atom stereocenters. The van der Waals surface area contributed by atoms with Crippen molar-refractivity contribution in [1.29, 1.82) is 0 Å². The van der Waals surface area contributed by atoms with E-state index in [4.69, 9.17) is 4.52 Å². The van der Waals surface area contributed by atoms with Crippen LogP contribution in [0.5, 0.6) is 0 Å². The lowest BCUT2D eigenvalue weighted by Gasteiger charge is -2.17. The normalized spacial score (nSPS) is 17.0. The van der Waals surface area contributed by atoms with Crippen LogP contribution in [0.25, 0.3) is 6.08 Å². The first-order valence-electron chi connectivity index (χ1n) is 11.9. The van der Waals surface area contributed by atoms with Gasteiger partial charge in [-0.15, -0.1) is 0 Å². The third-order valence-electron chi connectivity index (χ3n) is 5.86. The molecule has 9 nitrogen and oxygen atoms in total. The van der Waals surface area contributed by atoms with E-state index in [0.717, 1.165) is 37.1 Å². The highest BCUT2D eigenvalue weighted by molar-refractivity contribution is 8.14. The molecule has 1 fully saturated rings. The molecule has 36 heavy (non-hydrogen) atoms. The van der Waals surface area contributed by atoms with E-state index in [0.29, 0.717) is 16.6 Å². The molecule has 0 radical (unpaired) electrons. The van der Waals surface area contributed by atoms with Crippen molar-refractivity contribution in [2.75, 3.05) is 34.1 Å². The summed E-state index contributed by atoms with van der Waals surface area (Å²) in [7, 11) is 0. The number of para-hydroxylation sites is 1. The monoisotopic (exact) mass is 503 g/mol. The Morgan fingerprint density at radius 2 is 1.94 bits per heavy atom. The van der Waals surface area contributed by atoms with Crippen LogP contribution in [0.15, 0.2) is 76.0 Å². The number of benzene rings is 2. The largest absolute Gasteiger partial charge is 0.305 e. The number of aryl methyl sites for hydroxylation is 1. The van der Waals surface area contributed by atoms with Crippen molar-refractivity contribution in [3.63, 3.8) is 0 Å². The van der Waals surface area contributed by atoms with Gasteiger partial charge in [0.2, 0.25) is 11.2 Å². The molecule has 2 aliphatic rings. The minimum atomic E-state index is -0.277. The van der Waals surface area contributed by atoms with Crippen molar-refractivity contribution in [3.8, 4) is 0 Å². The van der Waals surface area contributed by atoms with Gasteiger partial charge in [0.1, 0.15) is 5.70 Å². The van der Waals surface area contributed by atoms with Gasteiger partial charge in [-0.05, 0) is 50.0 Å². The predicted molar refractivity (Wildman–Crippen MR) is 140 cm³/mol. The fraction of sp³-hybridized carbons (Fsp3) is 0.269.